The molecule has 0 unspecified atom stereocenters. The predicted octanol–water partition coefficient (Wildman–Crippen LogP) is 3.36. The summed E-state index contributed by atoms with van der Waals surface area (Å²) in [6.07, 6.45) is 3.16. The van der Waals surface area contributed by atoms with Gasteiger partial charge in [-0.25, -0.2) is 14.5 Å². The highest BCUT2D eigenvalue weighted by atomic mass is 35.5. The van der Waals surface area contributed by atoms with Crippen molar-refractivity contribution < 1.29 is 24.3 Å². The standard InChI is InChI=1S/C23H17ClN4O5/c24-15-6-8-16(9-7-15)25-20(29)13-28-21(30)19(26-23(28)33)12-18-5-2-10-27(18)17-4-1-3-14(11-17)22(31)32/h1-12H,13H2,(H,25,29)(H,26,33)(H,31,32). The van der Waals surface area contributed by atoms with Crippen molar-refractivity contribution >= 4 is 47.2 Å². The summed E-state index contributed by atoms with van der Waals surface area (Å²) in [6.45, 7) is -0.466. The van der Waals surface area contributed by atoms with E-state index in [1.165, 1.54) is 18.2 Å². The zero-order valence-electron chi connectivity index (χ0n) is 17.0. The third kappa shape index (κ3) is 4.78. The van der Waals surface area contributed by atoms with Crippen LogP contribution in [0.2, 0.25) is 5.02 Å². The Kier molecular flexibility index (Phi) is 5.97. The van der Waals surface area contributed by atoms with Crippen LogP contribution in [0.4, 0.5) is 10.5 Å². The van der Waals surface area contributed by atoms with Crippen molar-refractivity contribution in [3.05, 3.63) is 88.8 Å². The fraction of sp³-hybridized carbons (Fsp3) is 0.0435. The first-order chi connectivity index (χ1) is 15.8. The number of amides is 4. The maximum Gasteiger partial charge on any atom is 0.335 e. The highest BCUT2D eigenvalue weighted by molar-refractivity contribution is 6.30. The van der Waals surface area contributed by atoms with Gasteiger partial charge in [0.15, 0.2) is 0 Å². The minimum atomic E-state index is -1.06. The first-order valence-electron chi connectivity index (χ1n) is 9.73. The van der Waals surface area contributed by atoms with Crippen molar-refractivity contribution in [3.8, 4) is 5.69 Å². The Labute approximate surface area is 192 Å². The summed E-state index contributed by atoms with van der Waals surface area (Å²) in [6, 6.07) is 15.4. The fourth-order valence-electron chi connectivity index (χ4n) is 3.28. The van der Waals surface area contributed by atoms with Crippen LogP contribution in [0.15, 0.2) is 72.6 Å². The molecule has 0 atom stereocenters. The van der Waals surface area contributed by atoms with Gasteiger partial charge >= 0.3 is 12.0 Å². The van der Waals surface area contributed by atoms with E-state index in [2.05, 4.69) is 10.6 Å². The molecule has 4 rings (SSSR count). The fourth-order valence-corrected chi connectivity index (χ4v) is 3.40. The second-order valence-electron chi connectivity index (χ2n) is 7.09. The van der Waals surface area contributed by atoms with Gasteiger partial charge in [-0.15, -0.1) is 0 Å². The topological polar surface area (TPSA) is 121 Å². The molecule has 1 aliphatic heterocycles. The van der Waals surface area contributed by atoms with E-state index in [4.69, 9.17) is 11.6 Å². The number of anilines is 1. The van der Waals surface area contributed by atoms with Gasteiger partial charge in [0.2, 0.25) is 5.91 Å². The molecule has 0 radical (unpaired) electrons. The highest BCUT2D eigenvalue weighted by Gasteiger charge is 2.35. The van der Waals surface area contributed by atoms with E-state index in [0.29, 0.717) is 22.1 Å². The van der Waals surface area contributed by atoms with Gasteiger partial charge < -0.3 is 20.3 Å². The summed E-state index contributed by atoms with van der Waals surface area (Å²) in [5, 5.41) is 14.8. The molecule has 0 aliphatic carbocycles. The molecule has 166 valence electrons. The van der Waals surface area contributed by atoms with Crippen molar-refractivity contribution in [2.24, 2.45) is 0 Å². The number of carbonyl (C=O) groups is 4. The number of nitrogens with zero attached hydrogens (tertiary/aromatic N) is 2. The normalized spacial score (nSPS) is 14.5. The van der Waals surface area contributed by atoms with E-state index < -0.39 is 30.4 Å². The van der Waals surface area contributed by atoms with Crippen LogP contribution < -0.4 is 10.6 Å². The van der Waals surface area contributed by atoms with Crippen molar-refractivity contribution in [1.82, 2.24) is 14.8 Å². The van der Waals surface area contributed by atoms with Gasteiger partial charge in [0.05, 0.1) is 5.56 Å². The number of urea groups is 1. The zero-order valence-corrected chi connectivity index (χ0v) is 17.7. The first-order valence-corrected chi connectivity index (χ1v) is 10.1. The smallest absolute Gasteiger partial charge is 0.335 e. The number of rotatable bonds is 6. The van der Waals surface area contributed by atoms with E-state index in [9.17, 15) is 24.3 Å². The van der Waals surface area contributed by atoms with Gasteiger partial charge in [0.25, 0.3) is 5.91 Å². The van der Waals surface area contributed by atoms with Crippen molar-refractivity contribution in [2.75, 3.05) is 11.9 Å². The number of aromatic carboxylic acids is 1. The Hall–Kier alpha value is -4.37. The lowest BCUT2D eigenvalue weighted by Crippen LogP contribution is -2.38. The first kappa shape index (κ1) is 21.8. The molecule has 3 N–H and O–H groups in total. The summed E-state index contributed by atoms with van der Waals surface area (Å²) < 4.78 is 1.68. The van der Waals surface area contributed by atoms with Crippen LogP contribution in [0.5, 0.6) is 0 Å². The van der Waals surface area contributed by atoms with Crippen LogP contribution in [0.3, 0.4) is 0 Å². The molecular formula is C23H17ClN4O5. The zero-order chi connectivity index (χ0) is 23.5. The minimum absolute atomic E-state index is 0.00590. The molecule has 2 heterocycles. The van der Waals surface area contributed by atoms with Crippen LogP contribution in [0.1, 0.15) is 16.1 Å². The third-order valence-electron chi connectivity index (χ3n) is 4.84. The highest BCUT2D eigenvalue weighted by Crippen LogP contribution is 2.20. The van der Waals surface area contributed by atoms with Crippen LogP contribution in [0.25, 0.3) is 11.8 Å². The number of carboxylic acids is 1. The third-order valence-corrected chi connectivity index (χ3v) is 5.09. The van der Waals surface area contributed by atoms with E-state index in [1.54, 1.807) is 59.3 Å². The molecule has 33 heavy (non-hydrogen) atoms. The van der Waals surface area contributed by atoms with Crippen LogP contribution in [0, 0.1) is 0 Å². The number of carbonyl (C=O) groups excluding carboxylic acids is 3. The number of nitrogens with one attached hydrogen (secondary N) is 2. The molecule has 4 amide bonds. The summed E-state index contributed by atoms with van der Waals surface area (Å²) in [4.78, 5) is 49.4. The summed E-state index contributed by atoms with van der Waals surface area (Å²) in [5.74, 6) is -2.26. The minimum Gasteiger partial charge on any atom is -0.478 e. The number of carboxylic acid groups (broad SMARTS) is 1. The Balaban J connectivity index is 1.51. The van der Waals surface area contributed by atoms with Gasteiger partial charge in [-0.1, -0.05) is 17.7 Å². The second-order valence-corrected chi connectivity index (χ2v) is 7.53. The van der Waals surface area contributed by atoms with Gasteiger partial charge in [0, 0.05) is 28.3 Å². The van der Waals surface area contributed by atoms with Gasteiger partial charge in [-0.3, -0.25) is 9.59 Å². The maximum atomic E-state index is 12.8. The molecular weight excluding hydrogens is 448 g/mol. The SMILES string of the molecule is O=C(CN1C(=O)NC(=Cc2cccn2-c2cccc(C(=O)O)c2)C1=O)Nc1ccc(Cl)cc1. The monoisotopic (exact) mass is 464 g/mol. The Bertz CT molecular complexity index is 1300. The van der Waals surface area contributed by atoms with Crippen LogP contribution in [-0.2, 0) is 9.59 Å². The number of benzene rings is 2. The number of aromatic nitrogens is 1. The molecule has 1 saturated heterocycles. The number of imide groups is 1. The molecule has 2 aromatic carbocycles. The lowest BCUT2D eigenvalue weighted by molar-refractivity contribution is -0.127. The summed E-state index contributed by atoms with van der Waals surface area (Å²) in [7, 11) is 0. The molecule has 10 heteroatoms. The molecule has 9 nitrogen and oxygen atoms in total. The maximum absolute atomic E-state index is 12.8. The van der Waals surface area contributed by atoms with E-state index in [0.717, 1.165) is 4.90 Å². The molecule has 0 bridgehead atoms. The average molecular weight is 465 g/mol. The predicted molar refractivity (Wildman–Crippen MR) is 121 cm³/mol. The van der Waals surface area contributed by atoms with Gasteiger partial charge in [-0.05, 0) is 60.7 Å². The summed E-state index contributed by atoms with van der Waals surface area (Å²) >= 11 is 5.82. The Morgan fingerprint density at radius 2 is 1.82 bits per heavy atom. The van der Waals surface area contributed by atoms with Crippen LogP contribution in [-0.4, -0.2) is 44.9 Å². The molecule has 1 aromatic heterocycles. The molecule has 1 fully saturated rings. The number of halogens is 1. The van der Waals surface area contributed by atoms with Gasteiger partial charge in [-0.2, -0.15) is 0 Å². The lowest BCUT2D eigenvalue weighted by Gasteiger charge is -2.12. The van der Waals surface area contributed by atoms with E-state index in [1.807, 2.05) is 0 Å². The summed E-state index contributed by atoms with van der Waals surface area (Å²) in [5.41, 5.74) is 1.70. The number of hydrogen-bond acceptors (Lipinski definition) is 4. The quantitative estimate of drug-likeness (QED) is 0.381. The van der Waals surface area contributed by atoms with E-state index >= 15 is 0 Å². The molecule has 0 saturated carbocycles. The van der Waals surface area contributed by atoms with Gasteiger partial charge in [0.1, 0.15) is 12.2 Å². The largest absolute Gasteiger partial charge is 0.478 e. The Morgan fingerprint density at radius 1 is 1.06 bits per heavy atom. The van der Waals surface area contributed by atoms with E-state index in [-0.39, 0.29) is 11.3 Å². The molecule has 3 aromatic rings. The van der Waals surface area contributed by atoms with Crippen molar-refractivity contribution in [3.63, 3.8) is 0 Å². The second kappa shape index (κ2) is 9.01. The van der Waals surface area contributed by atoms with Crippen molar-refractivity contribution in [1.29, 1.82) is 0 Å². The number of hydrogen-bond donors (Lipinski definition) is 3. The van der Waals surface area contributed by atoms with Crippen molar-refractivity contribution in [2.45, 2.75) is 0 Å². The molecule has 1 aliphatic rings. The Morgan fingerprint density at radius 3 is 2.55 bits per heavy atom. The lowest BCUT2D eigenvalue weighted by atomic mass is 10.2. The average Bonchev–Trinajstić information content (AvgIpc) is 3.35. The molecule has 0 spiro atoms. The van der Waals surface area contributed by atoms with Crippen LogP contribution >= 0.6 is 11.6 Å².